The minimum atomic E-state index is -0.155. The molecule has 0 spiro atoms. The largest absolute Gasteiger partial charge is 0.497 e. The predicted octanol–water partition coefficient (Wildman–Crippen LogP) is 2.47. The van der Waals surface area contributed by atoms with E-state index in [1.165, 1.54) is 0 Å². The molecule has 0 saturated carbocycles. The Balaban J connectivity index is 2.15. The highest BCUT2D eigenvalue weighted by atomic mass is 16.5. The van der Waals surface area contributed by atoms with Gasteiger partial charge in [0.15, 0.2) is 0 Å². The molecule has 0 radical (unpaired) electrons. The van der Waals surface area contributed by atoms with Crippen LogP contribution in [0.25, 0.3) is 0 Å². The van der Waals surface area contributed by atoms with Crippen molar-refractivity contribution in [3.05, 3.63) is 41.6 Å². The lowest BCUT2D eigenvalue weighted by atomic mass is 10.2. The molecule has 100 valence electrons. The van der Waals surface area contributed by atoms with Crippen LogP contribution in [0.15, 0.2) is 30.3 Å². The number of nitrogens with one attached hydrogen (secondary N) is 1. The summed E-state index contributed by atoms with van der Waals surface area (Å²) in [5.41, 5.74) is 1.47. The van der Waals surface area contributed by atoms with Crippen LogP contribution < -0.4 is 10.1 Å². The Morgan fingerprint density at radius 2 is 2.05 bits per heavy atom. The van der Waals surface area contributed by atoms with E-state index in [9.17, 15) is 4.79 Å². The van der Waals surface area contributed by atoms with E-state index in [1.54, 1.807) is 36.1 Å². The van der Waals surface area contributed by atoms with Gasteiger partial charge in [-0.25, -0.2) is 4.68 Å². The van der Waals surface area contributed by atoms with Crippen LogP contribution in [-0.2, 0) is 6.54 Å². The van der Waals surface area contributed by atoms with Gasteiger partial charge in [0.25, 0.3) is 5.91 Å². The first-order chi connectivity index (χ1) is 9.13. The van der Waals surface area contributed by atoms with E-state index in [0.29, 0.717) is 17.9 Å². The van der Waals surface area contributed by atoms with Crippen molar-refractivity contribution in [2.45, 2.75) is 20.4 Å². The maximum absolute atomic E-state index is 12.1. The van der Waals surface area contributed by atoms with Crippen LogP contribution in [0.5, 0.6) is 5.75 Å². The number of hydrogen-bond donors (Lipinski definition) is 1. The van der Waals surface area contributed by atoms with Crippen molar-refractivity contribution in [3.8, 4) is 5.75 Å². The van der Waals surface area contributed by atoms with E-state index < -0.39 is 0 Å². The van der Waals surface area contributed by atoms with Crippen molar-refractivity contribution in [1.82, 2.24) is 9.78 Å². The van der Waals surface area contributed by atoms with Crippen molar-refractivity contribution in [3.63, 3.8) is 0 Å². The van der Waals surface area contributed by atoms with Crippen LogP contribution in [0.2, 0.25) is 0 Å². The van der Waals surface area contributed by atoms with Gasteiger partial charge < -0.3 is 10.1 Å². The summed E-state index contributed by atoms with van der Waals surface area (Å²) < 4.78 is 6.82. The molecule has 0 saturated heterocycles. The zero-order valence-corrected chi connectivity index (χ0v) is 11.3. The van der Waals surface area contributed by atoms with E-state index in [1.807, 2.05) is 19.9 Å². The van der Waals surface area contributed by atoms with Crippen molar-refractivity contribution >= 4 is 11.7 Å². The quantitative estimate of drug-likeness (QED) is 0.917. The van der Waals surface area contributed by atoms with E-state index in [0.717, 1.165) is 11.4 Å². The normalized spacial score (nSPS) is 10.3. The molecule has 1 aromatic carbocycles. The molecule has 5 nitrogen and oxygen atoms in total. The highest BCUT2D eigenvalue weighted by Crippen LogP contribution is 2.14. The minimum absolute atomic E-state index is 0.155. The van der Waals surface area contributed by atoms with E-state index >= 15 is 0 Å². The molecule has 0 fully saturated rings. The van der Waals surface area contributed by atoms with Crippen molar-refractivity contribution < 1.29 is 9.53 Å². The molecular weight excluding hydrogens is 242 g/mol. The summed E-state index contributed by atoms with van der Waals surface area (Å²) in [5.74, 6) is 1.28. The van der Waals surface area contributed by atoms with E-state index in [4.69, 9.17) is 4.74 Å². The third-order valence-corrected chi connectivity index (χ3v) is 2.80. The maximum atomic E-state index is 12.1. The fraction of sp³-hybridized carbons (Fsp3) is 0.286. The highest BCUT2D eigenvalue weighted by molar-refractivity contribution is 6.03. The van der Waals surface area contributed by atoms with Crippen LogP contribution >= 0.6 is 0 Å². The second-order valence-corrected chi connectivity index (χ2v) is 4.17. The zero-order valence-electron chi connectivity index (χ0n) is 11.3. The molecule has 19 heavy (non-hydrogen) atoms. The molecule has 0 unspecified atom stereocenters. The van der Waals surface area contributed by atoms with Gasteiger partial charge in [0.2, 0.25) is 0 Å². The average molecular weight is 259 g/mol. The Bertz CT molecular complexity index is 573. The summed E-state index contributed by atoms with van der Waals surface area (Å²) in [4.78, 5) is 12.1. The van der Waals surface area contributed by atoms with Gasteiger partial charge in [-0.1, -0.05) is 0 Å². The number of amides is 1. The summed E-state index contributed by atoms with van der Waals surface area (Å²) in [5, 5.41) is 7.14. The Hall–Kier alpha value is -2.30. The first kappa shape index (κ1) is 13.1. The summed E-state index contributed by atoms with van der Waals surface area (Å²) in [7, 11) is 1.59. The average Bonchev–Trinajstić information content (AvgIpc) is 2.78. The SMILES string of the molecule is CCn1nc(C)cc1NC(=O)c1ccc(OC)cc1. The predicted molar refractivity (Wildman–Crippen MR) is 73.6 cm³/mol. The van der Waals surface area contributed by atoms with Crippen molar-refractivity contribution in [2.24, 2.45) is 0 Å². The minimum Gasteiger partial charge on any atom is -0.497 e. The number of benzene rings is 1. The van der Waals surface area contributed by atoms with E-state index in [-0.39, 0.29) is 5.91 Å². The lowest BCUT2D eigenvalue weighted by Gasteiger charge is -2.07. The monoisotopic (exact) mass is 259 g/mol. The van der Waals surface area contributed by atoms with E-state index in [2.05, 4.69) is 10.4 Å². The Labute approximate surface area is 112 Å². The number of rotatable bonds is 4. The second kappa shape index (κ2) is 5.56. The fourth-order valence-electron chi connectivity index (χ4n) is 1.82. The molecule has 0 aliphatic carbocycles. The van der Waals surface area contributed by atoms with Crippen LogP contribution in [0.3, 0.4) is 0 Å². The lowest BCUT2D eigenvalue weighted by molar-refractivity contribution is 0.102. The number of aromatic nitrogens is 2. The molecule has 0 aliphatic heterocycles. The second-order valence-electron chi connectivity index (χ2n) is 4.17. The molecule has 1 amide bonds. The molecule has 1 aromatic heterocycles. The molecule has 2 aromatic rings. The molecule has 0 atom stereocenters. The Morgan fingerprint density at radius 3 is 2.63 bits per heavy atom. The molecule has 1 heterocycles. The van der Waals surface area contributed by atoms with Crippen molar-refractivity contribution in [2.75, 3.05) is 12.4 Å². The number of hydrogen-bond acceptors (Lipinski definition) is 3. The first-order valence-electron chi connectivity index (χ1n) is 6.14. The van der Waals surface area contributed by atoms with Crippen LogP contribution in [0, 0.1) is 6.92 Å². The molecule has 1 N–H and O–H groups in total. The van der Waals surface area contributed by atoms with Gasteiger partial charge in [-0.3, -0.25) is 4.79 Å². The maximum Gasteiger partial charge on any atom is 0.256 e. The molecule has 0 aliphatic rings. The van der Waals surface area contributed by atoms with Crippen molar-refractivity contribution in [1.29, 1.82) is 0 Å². The number of anilines is 1. The molecule has 5 heteroatoms. The standard InChI is InChI=1S/C14H17N3O2/c1-4-17-13(9-10(2)16-17)15-14(18)11-5-7-12(19-3)8-6-11/h5-9H,4H2,1-3H3,(H,15,18). The topological polar surface area (TPSA) is 56.2 Å². The summed E-state index contributed by atoms with van der Waals surface area (Å²) >= 11 is 0. The summed E-state index contributed by atoms with van der Waals surface area (Å²) in [6.07, 6.45) is 0. The number of methoxy groups -OCH3 is 1. The van der Waals surface area contributed by atoms with Gasteiger partial charge in [0.1, 0.15) is 11.6 Å². The van der Waals surface area contributed by atoms with Crippen LogP contribution in [0.1, 0.15) is 23.0 Å². The molecule has 0 bridgehead atoms. The Kier molecular flexibility index (Phi) is 3.85. The number of aryl methyl sites for hydroxylation is 2. The van der Waals surface area contributed by atoms with Gasteiger partial charge in [0, 0.05) is 18.2 Å². The number of carbonyl (C=O) groups excluding carboxylic acids is 1. The first-order valence-corrected chi connectivity index (χ1v) is 6.14. The lowest BCUT2D eigenvalue weighted by Crippen LogP contribution is -2.15. The number of carbonyl (C=O) groups is 1. The zero-order chi connectivity index (χ0) is 13.8. The fourth-order valence-corrected chi connectivity index (χ4v) is 1.82. The van der Waals surface area contributed by atoms with Gasteiger partial charge >= 0.3 is 0 Å². The molecular formula is C14H17N3O2. The number of ether oxygens (including phenoxy) is 1. The summed E-state index contributed by atoms with van der Waals surface area (Å²) in [6, 6.07) is 8.83. The van der Waals surface area contributed by atoms with Crippen LogP contribution in [0.4, 0.5) is 5.82 Å². The van der Waals surface area contributed by atoms with Gasteiger partial charge in [-0.2, -0.15) is 5.10 Å². The third kappa shape index (κ3) is 2.93. The third-order valence-electron chi connectivity index (χ3n) is 2.80. The summed E-state index contributed by atoms with van der Waals surface area (Å²) in [6.45, 7) is 4.59. The van der Waals surface area contributed by atoms with Gasteiger partial charge in [-0.15, -0.1) is 0 Å². The van der Waals surface area contributed by atoms with Gasteiger partial charge in [0.05, 0.1) is 12.8 Å². The Morgan fingerprint density at radius 1 is 1.37 bits per heavy atom. The number of nitrogens with zero attached hydrogens (tertiary/aromatic N) is 2. The van der Waals surface area contributed by atoms with Gasteiger partial charge in [-0.05, 0) is 38.1 Å². The van der Waals surface area contributed by atoms with Crippen LogP contribution in [-0.4, -0.2) is 22.8 Å². The highest BCUT2D eigenvalue weighted by Gasteiger charge is 2.10. The molecule has 2 rings (SSSR count). The smallest absolute Gasteiger partial charge is 0.256 e.